The molecule has 1 aromatic rings. The smallest absolute Gasteiger partial charge is 0.0233 e. The lowest BCUT2D eigenvalue weighted by Crippen LogP contribution is -2.55. The largest absolute Gasteiger partial charge is 0.301 e. The van der Waals surface area contributed by atoms with E-state index in [9.17, 15) is 0 Å². The summed E-state index contributed by atoms with van der Waals surface area (Å²) >= 11 is 0. The van der Waals surface area contributed by atoms with E-state index in [2.05, 4.69) is 56.9 Å². The Morgan fingerprint density at radius 3 is 1.81 bits per heavy atom. The maximum Gasteiger partial charge on any atom is 0.0233 e. The number of likely N-dealkylation sites (tertiary alicyclic amines) is 2. The van der Waals surface area contributed by atoms with Crippen molar-refractivity contribution >= 4 is 0 Å². The fourth-order valence-corrected chi connectivity index (χ4v) is 5.35. The van der Waals surface area contributed by atoms with Gasteiger partial charge in [-0.15, -0.1) is 0 Å². The van der Waals surface area contributed by atoms with E-state index >= 15 is 0 Å². The van der Waals surface area contributed by atoms with Crippen LogP contribution < -0.4 is 0 Å². The van der Waals surface area contributed by atoms with E-state index in [0.29, 0.717) is 0 Å². The molecule has 150 valence electrons. The third kappa shape index (κ3) is 5.11. The van der Waals surface area contributed by atoms with Gasteiger partial charge in [-0.25, -0.2) is 0 Å². The van der Waals surface area contributed by atoms with Crippen LogP contribution >= 0.6 is 0 Å². The van der Waals surface area contributed by atoms with Gasteiger partial charge >= 0.3 is 0 Å². The predicted octanol–water partition coefficient (Wildman–Crippen LogP) is 2.75. The van der Waals surface area contributed by atoms with Crippen molar-refractivity contribution < 1.29 is 0 Å². The van der Waals surface area contributed by atoms with Gasteiger partial charge in [-0.1, -0.05) is 37.3 Å². The van der Waals surface area contributed by atoms with Crippen molar-refractivity contribution in [1.82, 2.24) is 19.6 Å². The highest BCUT2D eigenvalue weighted by molar-refractivity contribution is 5.14. The zero-order valence-electron chi connectivity index (χ0n) is 17.2. The van der Waals surface area contributed by atoms with Crippen LogP contribution in [0.15, 0.2) is 30.3 Å². The van der Waals surface area contributed by atoms with Crippen LogP contribution in [0.3, 0.4) is 0 Å². The van der Waals surface area contributed by atoms with Crippen LogP contribution in [0.5, 0.6) is 0 Å². The molecule has 27 heavy (non-hydrogen) atoms. The second kappa shape index (κ2) is 9.51. The van der Waals surface area contributed by atoms with Gasteiger partial charge in [0.15, 0.2) is 0 Å². The van der Waals surface area contributed by atoms with Crippen molar-refractivity contribution in [2.24, 2.45) is 0 Å². The van der Waals surface area contributed by atoms with Crippen LogP contribution in [0.25, 0.3) is 0 Å². The van der Waals surface area contributed by atoms with Crippen LogP contribution in [0, 0.1) is 0 Å². The zero-order chi connectivity index (χ0) is 18.5. The number of benzene rings is 1. The van der Waals surface area contributed by atoms with Crippen LogP contribution in [-0.2, 0) is 6.54 Å². The van der Waals surface area contributed by atoms with E-state index in [1.165, 1.54) is 90.1 Å². The second-order valence-corrected chi connectivity index (χ2v) is 8.73. The van der Waals surface area contributed by atoms with Crippen molar-refractivity contribution in [3.63, 3.8) is 0 Å². The average Bonchev–Trinajstić information content (AvgIpc) is 2.75. The van der Waals surface area contributed by atoms with Gasteiger partial charge in [-0.3, -0.25) is 9.80 Å². The van der Waals surface area contributed by atoms with Crippen molar-refractivity contribution in [3.05, 3.63) is 35.9 Å². The van der Waals surface area contributed by atoms with Gasteiger partial charge in [0, 0.05) is 44.8 Å². The van der Waals surface area contributed by atoms with E-state index in [4.69, 9.17) is 0 Å². The first kappa shape index (κ1) is 19.4. The molecule has 0 radical (unpaired) electrons. The average molecular weight is 371 g/mol. The summed E-state index contributed by atoms with van der Waals surface area (Å²) in [5, 5.41) is 0. The molecule has 3 aliphatic heterocycles. The number of piperazine rings is 1. The van der Waals surface area contributed by atoms with E-state index in [-0.39, 0.29) is 0 Å². The molecule has 4 rings (SSSR count). The topological polar surface area (TPSA) is 13.0 Å². The van der Waals surface area contributed by atoms with Gasteiger partial charge in [0.05, 0.1) is 0 Å². The fraction of sp³-hybridized carbons (Fsp3) is 0.739. The summed E-state index contributed by atoms with van der Waals surface area (Å²) in [6.45, 7) is 14.9. The molecule has 3 aliphatic rings. The van der Waals surface area contributed by atoms with Crippen LogP contribution in [-0.4, -0.2) is 90.6 Å². The highest BCUT2D eigenvalue weighted by Gasteiger charge is 2.31. The van der Waals surface area contributed by atoms with E-state index in [1.807, 2.05) is 0 Å². The Hall–Kier alpha value is -0.940. The maximum absolute atomic E-state index is 2.82. The number of rotatable bonds is 5. The minimum Gasteiger partial charge on any atom is -0.301 e. The molecule has 0 unspecified atom stereocenters. The lowest BCUT2D eigenvalue weighted by Gasteiger charge is -2.45. The molecule has 0 bridgehead atoms. The van der Waals surface area contributed by atoms with Crippen molar-refractivity contribution in [1.29, 1.82) is 0 Å². The third-order valence-corrected chi connectivity index (χ3v) is 7.19. The van der Waals surface area contributed by atoms with Gasteiger partial charge in [0.2, 0.25) is 0 Å². The molecule has 4 heteroatoms. The molecule has 0 N–H and O–H groups in total. The fourth-order valence-electron chi connectivity index (χ4n) is 5.35. The Labute approximate surface area is 166 Å². The van der Waals surface area contributed by atoms with Crippen molar-refractivity contribution in [2.45, 2.75) is 51.2 Å². The highest BCUT2D eigenvalue weighted by atomic mass is 15.3. The number of nitrogens with zero attached hydrogens (tertiary/aromatic N) is 4. The maximum atomic E-state index is 2.82. The Bertz CT molecular complexity index is 539. The molecule has 0 aliphatic carbocycles. The molecule has 3 saturated heterocycles. The molecule has 0 saturated carbocycles. The molecule has 0 amide bonds. The number of hydrogen-bond donors (Lipinski definition) is 0. The van der Waals surface area contributed by atoms with Crippen LogP contribution in [0.1, 0.15) is 38.2 Å². The molecule has 1 aromatic carbocycles. The summed E-state index contributed by atoms with van der Waals surface area (Å²) in [6.07, 6.45) is 5.48. The minimum atomic E-state index is 0.829. The van der Waals surface area contributed by atoms with Crippen molar-refractivity contribution in [3.8, 4) is 0 Å². The molecular formula is C23H38N4. The summed E-state index contributed by atoms with van der Waals surface area (Å²) in [5.41, 5.74) is 1.46. The third-order valence-electron chi connectivity index (χ3n) is 7.19. The normalized spacial score (nSPS) is 25.8. The number of hydrogen-bond acceptors (Lipinski definition) is 4. The van der Waals surface area contributed by atoms with Crippen molar-refractivity contribution in [2.75, 3.05) is 58.9 Å². The first-order chi connectivity index (χ1) is 13.3. The molecule has 3 heterocycles. The summed E-state index contributed by atoms with van der Waals surface area (Å²) < 4.78 is 0. The predicted molar refractivity (Wildman–Crippen MR) is 113 cm³/mol. The lowest BCUT2D eigenvalue weighted by atomic mass is 9.96. The molecular weight excluding hydrogens is 332 g/mol. The first-order valence-corrected chi connectivity index (χ1v) is 11.3. The van der Waals surface area contributed by atoms with Gasteiger partial charge in [-0.2, -0.15) is 0 Å². The van der Waals surface area contributed by atoms with Gasteiger partial charge in [0.25, 0.3) is 0 Å². The molecule has 4 nitrogen and oxygen atoms in total. The minimum absolute atomic E-state index is 0.829. The molecule has 0 spiro atoms. The quantitative estimate of drug-likeness (QED) is 0.790. The summed E-state index contributed by atoms with van der Waals surface area (Å²) in [5.74, 6) is 0. The highest BCUT2D eigenvalue weighted by Crippen LogP contribution is 2.24. The summed E-state index contributed by atoms with van der Waals surface area (Å²) in [7, 11) is 0. The monoisotopic (exact) mass is 370 g/mol. The van der Waals surface area contributed by atoms with Gasteiger partial charge in [0.1, 0.15) is 0 Å². The van der Waals surface area contributed by atoms with Crippen LogP contribution in [0.2, 0.25) is 0 Å². The Balaban J connectivity index is 1.17. The van der Waals surface area contributed by atoms with Crippen LogP contribution in [0.4, 0.5) is 0 Å². The Morgan fingerprint density at radius 2 is 1.22 bits per heavy atom. The summed E-state index contributed by atoms with van der Waals surface area (Å²) in [4.78, 5) is 10.8. The number of likely N-dealkylation sites (N-methyl/N-ethyl adjacent to an activating group) is 1. The molecule has 0 aromatic heterocycles. The standard InChI is InChI=1S/C23H38N4/c1-2-24-16-18-27(19-17-24)23-10-14-26(15-11-23)22-8-12-25(13-9-22)20-21-6-4-3-5-7-21/h3-7,22-23H,2,8-20H2,1H3. The Morgan fingerprint density at radius 1 is 0.667 bits per heavy atom. The first-order valence-electron chi connectivity index (χ1n) is 11.3. The zero-order valence-corrected chi connectivity index (χ0v) is 17.2. The van der Waals surface area contributed by atoms with E-state index in [0.717, 1.165) is 18.6 Å². The number of piperidine rings is 2. The Kier molecular flexibility index (Phi) is 6.82. The molecule has 3 fully saturated rings. The van der Waals surface area contributed by atoms with E-state index in [1.54, 1.807) is 0 Å². The SMILES string of the molecule is CCN1CCN(C2CCN(C3CCN(Cc4ccccc4)CC3)CC2)CC1. The summed E-state index contributed by atoms with van der Waals surface area (Å²) in [6, 6.07) is 12.6. The lowest BCUT2D eigenvalue weighted by molar-refractivity contribution is 0.0337. The van der Waals surface area contributed by atoms with Gasteiger partial charge < -0.3 is 9.80 Å². The van der Waals surface area contributed by atoms with Gasteiger partial charge in [-0.05, 0) is 64.0 Å². The second-order valence-electron chi connectivity index (χ2n) is 8.73. The van der Waals surface area contributed by atoms with E-state index < -0.39 is 0 Å². The molecule has 0 atom stereocenters.